The van der Waals surface area contributed by atoms with E-state index in [9.17, 15) is 23.4 Å². The Kier molecular flexibility index (Phi) is 4.87. The van der Waals surface area contributed by atoms with Crippen molar-refractivity contribution in [3.8, 4) is 0 Å². The van der Waals surface area contributed by atoms with E-state index in [0.29, 0.717) is 17.9 Å². The summed E-state index contributed by atoms with van der Waals surface area (Å²) in [5.74, 6) is 0. The number of hydrogen-bond donors (Lipinski definition) is 3. The maximum absolute atomic E-state index is 12.3. The lowest BCUT2D eigenvalue weighted by Crippen LogP contribution is -2.23. The Bertz CT molecular complexity index is 356. The molecule has 4 nitrogen and oxygen atoms in total. The van der Waals surface area contributed by atoms with Gasteiger partial charge in [0, 0.05) is 5.38 Å². The highest BCUT2D eigenvalue weighted by atomic mass is 32.1. The second-order valence-electron chi connectivity index (χ2n) is 3.47. The molecule has 0 spiro atoms. The number of halogens is 3. The lowest BCUT2D eigenvalue weighted by atomic mass is 10.1. The molecule has 3 N–H and O–H groups in total. The van der Waals surface area contributed by atoms with Gasteiger partial charge in [0.2, 0.25) is 0 Å². The molecular formula is C9H13F3N2O2S. The van der Waals surface area contributed by atoms with Crippen molar-refractivity contribution in [1.29, 1.82) is 0 Å². The molecule has 2 atom stereocenters. The van der Waals surface area contributed by atoms with Crippen LogP contribution < -0.4 is 5.32 Å². The molecule has 1 aromatic rings. The van der Waals surface area contributed by atoms with Crippen molar-refractivity contribution >= 4 is 11.3 Å². The van der Waals surface area contributed by atoms with Gasteiger partial charge in [-0.25, -0.2) is 4.98 Å². The van der Waals surface area contributed by atoms with Crippen molar-refractivity contribution in [3.63, 3.8) is 0 Å². The number of nitrogens with zero attached hydrogens (tertiary/aromatic N) is 1. The standard InChI is InChI=1S/C9H13F3N2O2S/c1-13-3-2-5(15)7(16)8-14-6(4-17-8)9(10,11)12/h4-5,7,13,15-16H,2-3H2,1H3. The number of thiazole rings is 1. The Morgan fingerprint density at radius 2 is 2.12 bits per heavy atom. The van der Waals surface area contributed by atoms with E-state index in [1.54, 1.807) is 7.05 Å². The molecule has 2 unspecified atom stereocenters. The quantitative estimate of drug-likeness (QED) is 0.751. The van der Waals surface area contributed by atoms with Crippen LogP contribution in [0.15, 0.2) is 5.38 Å². The van der Waals surface area contributed by atoms with E-state index < -0.39 is 24.1 Å². The van der Waals surface area contributed by atoms with Gasteiger partial charge in [0.15, 0.2) is 5.69 Å². The van der Waals surface area contributed by atoms with Crippen molar-refractivity contribution in [2.24, 2.45) is 0 Å². The van der Waals surface area contributed by atoms with Gasteiger partial charge in [0.1, 0.15) is 11.1 Å². The minimum Gasteiger partial charge on any atom is -0.390 e. The van der Waals surface area contributed by atoms with Crippen molar-refractivity contribution in [3.05, 3.63) is 16.1 Å². The highest BCUT2D eigenvalue weighted by Crippen LogP contribution is 2.32. The first-order chi connectivity index (χ1) is 7.86. The summed E-state index contributed by atoms with van der Waals surface area (Å²) >= 11 is 0.685. The number of rotatable bonds is 5. The molecule has 0 aliphatic carbocycles. The van der Waals surface area contributed by atoms with Crippen LogP contribution in [0.25, 0.3) is 0 Å². The summed E-state index contributed by atoms with van der Waals surface area (Å²) in [7, 11) is 1.67. The Labute approximate surface area is 100 Å². The molecular weight excluding hydrogens is 257 g/mol. The molecule has 8 heteroatoms. The summed E-state index contributed by atoms with van der Waals surface area (Å²) in [5.41, 5.74) is -1.04. The van der Waals surface area contributed by atoms with E-state index in [0.717, 1.165) is 5.38 Å². The molecule has 1 heterocycles. The fourth-order valence-electron chi connectivity index (χ4n) is 1.17. The molecule has 1 rings (SSSR count). The summed E-state index contributed by atoms with van der Waals surface area (Å²) in [6.45, 7) is 0.454. The van der Waals surface area contributed by atoms with Crippen molar-refractivity contribution in [2.75, 3.05) is 13.6 Å². The molecule has 0 bridgehead atoms. The molecule has 0 amide bonds. The molecule has 0 radical (unpaired) electrons. The lowest BCUT2D eigenvalue weighted by molar-refractivity contribution is -0.141. The molecule has 1 aromatic heterocycles. The minimum atomic E-state index is -4.52. The molecule has 0 fully saturated rings. The van der Waals surface area contributed by atoms with Gasteiger partial charge in [0.25, 0.3) is 0 Å². The second kappa shape index (κ2) is 5.76. The largest absolute Gasteiger partial charge is 0.434 e. The zero-order valence-electron chi connectivity index (χ0n) is 9.03. The van der Waals surface area contributed by atoms with Gasteiger partial charge in [-0.2, -0.15) is 13.2 Å². The summed E-state index contributed by atoms with van der Waals surface area (Å²) in [6, 6.07) is 0. The predicted molar refractivity (Wildman–Crippen MR) is 56.6 cm³/mol. The van der Waals surface area contributed by atoms with Crippen LogP contribution in [0.1, 0.15) is 23.2 Å². The van der Waals surface area contributed by atoms with E-state index in [1.807, 2.05) is 0 Å². The SMILES string of the molecule is CNCCC(O)C(O)c1nc(C(F)(F)F)cs1. The van der Waals surface area contributed by atoms with E-state index in [-0.39, 0.29) is 11.4 Å². The van der Waals surface area contributed by atoms with Gasteiger partial charge in [-0.3, -0.25) is 0 Å². The molecule has 0 saturated carbocycles. The van der Waals surface area contributed by atoms with Crippen molar-refractivity contribution in [2.45, 2.75) is 24.8 Å². The lowest BCUT2D eigenvalue weighted by Gasteiger charge is -2.15. The molecule has 0 saturated heterocycles. The van der Waals surface area contributed by atoms with Crippen LogP contribution in [-0.2, 0) is 6.18 Å². The summed E-state index contributed by atoms with van der Waals surface area (Å²) in [5, 5.41) is 22.6. The van der Waals surface area contributed by atoms with E-state index >= 15 is 0 Å². The Hall–Kier alpha value is -0.700. The topological polar surface area (TPSA) is 65.4 Å². The molecule has 0 aliphatic rings. The first-order valence-corrected chi connectivity index (χ1v) is 5.77. The van der Waals surface area contributed by atoms with Gasteiger partial charge in [-0.05, 0) is 20.0 Å². The summed E-state index contributed by atoms with van der Waals surface area (Å²) in [6.07, 6.45) is -6.80. The van der Waals surface area contributed by atoms with Gasteiger partial charge in [-0.1, -0.05) is 0 Å². The maximum atomic E-state index is 12.3. The van der Waals surface area contributed by atoms with E-state index in [2.05, 4.69) is 10.3 Å². The number of aliphatic hydroxyl groups excluding tert-OH is 2. The highest BCUT2D eigenvalue weighted by Gasteiger charge is 2.35. The monoisotopic (exact) mass is 270 g/mol. The fraction of sp³-hybridized carbons (Fsp3) is 0.667. The first-order valence-electron chi connectivity index (χ1n) is 4.89. The zero-order chi connectivity index (χ0) is 13.1. The number of alkyl halides is 3. The maximum Gasteiger partial charge on any atom is 0.434 e. The Morgan fingerprint density at radius 3 is 2.59 bits per heavy atom. The average Bonchev–Trinajstić information content (AvgIpc) is 2.73. The predicted octanol–water partition coefficient (Wildman–Crippen LogP) is 1.17. The van der Waals surface area contributed by atoms with Crippen molar-refractivity contribution in [1.82, 2.24) is 10.3 Å². The van der Waals surface area contributed by atoms with Gasteiger partial charge in [-0.15, -0.1) is 11.3 Å². The van der Waals surface area contributed by atoms with Gasteiger partial charge < -0.3 is 15.5 Å². The first kappa shape index (κ1) is 14.4. The third-order valence-corrected chi connectivity index (χ3v) is 3.04. The van der Waals surface area contributed by atoms with Crippen LogP contribution in [-0.4, -0.2) is 34.9 Å². The molecule has 0 aromatic carbocycles. The van der Waals surface area contributed by atoms with E-state index in [1.165, 1.54) is 0 Å². The highest BCUT2D eigenvalue weighted by molar-refractivity contribution is 7.09. The minimum absolute atomic E-state index is 0.124. The van der Waals surface area contributed by atoms with Crippen LogP contribution in [0.4, 0.5) is 13.2 Å². The van der Waals surface area contributed by atoms with E-state index in [4.69, 9.17) is 0 Å². The smallest absolute Gasteiger partial charge is 0.390 e. The molecule has 98 valence electrons. The number of hydrogen-bond acceptors (Lipinski definition) is 5. The summed E-state index contributed by atoms with van der Waals surface area (Å²) < 4.78 is 36.8. The third kappa shape index (κ3) is 3.91. The normalized spacial score (nSPS) is 15.9. The molecule has 0 aliphatic heterocycles. The van der Waals surface area contributed by atoms with Crippen LogP contribution in [0.5, 0.6) is 0 Å². The number of aromatic nitrogens is 1. The van der Waals surface area contributed by atoms with Crippen molar-refractivity contribution < 1.29 is 23.4 Å². The number of aliphatic hydroxyl groups is 2. The summed E-state index contributed by atoms with van der Waals surface area (Å²) in [4.78, 5) is 3.27. The van der Waals surface area contributed by atoms with Crippen LogP contribution in [0, 0.1) is 0 Å². The third-order valence-electron chi connectivity index (χ3n) is 2.12. The Balaban J connectivity index is 2.69. The molecule has 17 heavy (non-hydrogen) atoms. The zero-order valence-corrected chi connectivity index (χ0v) is 9.85. The Morgan fingerprint density at radius 1 is 1.47 bits per heavy atom. The van der Waals surface area contributed by atoms with Crippen LogP contribution in [0.2, 0.25) is 0 Å². The second-order valence-corrected chi connectivity index (χ2v) is 4.36. The van der Waals surface area contributed by atoms with Crippen LogP contribution in [0.3, 0.4) is 0 Å². The number of nitrogens with one attached hydrogen (secondary N) is 1. The van der Waals surface area contributed by atoms with Crippen LogP contribution >= 0.6 is 11.3 Å². The fourth-order valence-corrected chi connectivity index (χ4v) is 2.03. The van der Waals surface area contributed by atoms with Gasteiger partial charge >= 0.3 is 6.18 Å². The van der Waals surface area contributed by atoms with Gasteiger partial charge in [0.05, 0.1) is 6.10 Å². The average molecular weight is 270 g/mol.